The van der Waals surface area contributed by atoms with Gasteiger partial charge in [-0.3, -0.25) is 5.32 Å². The van der Waals surface area contributed by atoms with Gasteiger partial charge in [0.15, 0.2) is 0 Å². The van der Waals surface area contributed by atoms with Crippen molar-refractivity contribution in [2.24, 2.45) is 0 Å². The highest BCUT2D eigenvalue weighted by Gasteiger charge is 2.17. The van der Waals surface area contributed by atoms with Gasteiger partial charge in [-0.15, -0.1) is 0 Å². The predicted molar refractivity (Wildman–Crippen MR) is 71.0 cm³/mol. The molecule has 0 spiro atoms. The van der Waals surface area contributed by atoms with Gasteiger partial charge in [0.05, 0.1) is 11.3 Å². The Morgan fingerprint density at radius 3 is 2.39 bits per heavy atom. The second-order valence-electron chi connectivity index (χ2n) is 4.63. The maximum atomic E-state index is 11.5. The number of anilines is 1. The molecule has 1 aromatic carbocycles. The van der Waals surface area contributed by atoms with E-state index >= 15 is 0 Å². The monoisotopic (exact) mass is 315 g/mol. The van der Waals surface area contributed by atoms with Crippen LogP contribution in [0.4, 0.5) is 10.5 Å². The molecule has 0 radical (unpaired) electrons. The molecule has 1 aromatic rings. The summed E-state index contributed by atoms with van der Waals surface area (Å²) < 4.78 is 5.57. The van der Waals surface area contributed by atoms with Crippen molar-refractivity contribution in [1.29, 1.82) is 0 Å². The second-order valence-corrected chi connectivity index (χ2v) is 5.48. The molecule has 0 fully saturated rings. The lowest BCUT2D eigenvalue weighted by molar-refractivity contribution is 0.0634. The van der Waals surface area contributed by atoms with Gasteiger partial charge in [0.1, 0.15) is 5.60 Å². The van der Waals surface area contributed by atoms with Crippen LogP contribution in [0.2, 0.25) is 0 Å². The molecule has 1 rings (SSSR count). The third kappa shape index (κ3) is 4.37. The van der Waals surface area contributed by atoms with Crippen molar-refractivity contribution >= 4 is 33.7 Å². The van der Waals surface area contributed by atoms with E-state index in [0.717, 1.165) is 0 Å². The summed E-state index contributed by atoms with van der Waals surface area (Å²) in [5, 5.41) is 11.3. The number of hydrogen-bond acceptors (Lipinski definition) is 3. The van der Waals surface area contributed by atoms with E-state index < -0.39 is 17.7 Å². The number of nitrogens with one attached hydrogen (secondary N) is 1. The maximum Gasteiger partial charge on any atom is 0.412 e. The normalized spacial score (nSPS) is 10.9. The Kier molecular flexibility index (Phi) is 4.34. The van der Waals surface area contributed by atoms with E-state index in [1.165, 1.54) is 18.2 Å². The molecule has 1 amide bonds. The van der Waals surface area contributed by atoms with E-state index in [2.05, 4.69) is 21.2 Å². The maximum absolute atomic E-state index is 11.5. The average molecular weight is 316 g/mol. The molecule has 0 aliphatic heterocycles. The standard InChI is InChI=1S/C12H14BrNO4/c1-12(2,3)18-11(17)14-9-5-4-7(10(15)16)6-8(9)13/h4-6H,1-3H3,(H,14,17)(H,15,16). The fourth-order valence-corrected chi connectivity index (χ4v) is 1.64. The van der Waals surface area contributed by atoms with Crippen LogP contribution < -0.4 is 5.32 Å². The van der Waals surface area contributed by atoms with Crippen LogP contribution in [-0.4, -0.2) is 22.8 Å². The zero-order chi connectivity index (χ0) is 13.9. The lowest BCUT2D eigenvalue weighted by atomic mass is 10.2. The van der Waals surface area contributed by atoms with Crippen LogP contribution in [0.25, 0.3) is 0 Å². The SMILES string of the molecule is CC(C)(C)OC(=O)Nc1ccc(C(=O)O)cc1Br. The lowest BCUT2D eigenvalue weighted by Gasteiger charge is -2.20. The first-order valence-electron chi connectivity index (χ1n) is 5.22. The Morgan fingerprint density at radius 2 is 1.94 bits per heavy atom. The van der Waals surface area contributed by atoms with Gasteiger partial charge in [-0.1, -0.05) is 0 Å². The zero-order valence-corrected chi connectivity index (χ0v) is 11.9. The second kappa shape index (κ2) is 5.39. The molecule has 0 aliphatic carbocycles. The number of ether oxygens (including phenoxy) is 1. The molecule has 0 atom stereocenters. The first-order valence-corrected chi connectivity index (χ1v) is 6.01. The number of halogens is 1. The minimum atomic E-state index is -1.03. The van der Waals surface area contributed by atoms with Crippen molar-refractivity contribution in [1.82, 2.24) is 0 Å². The molecule has 18 heavy (non-hydrogen) atoms. The van der Waals surface area contributed by atoms with Crippen LogP contribution in [0.1, 0.15) is 31.1 Å². The highest BCUT2D eigenvalue weighted by Crippen LogP contribution is 2.24. The summed E-state index contributed by atoms with van der Waals surface area (Å²) in [7, 11) is 0. The number of aromatic carboxylic acids is 1. The van der Waals surface area contributed by atoms with Crippen LogP contribution in [0.3, 0.4) is 0 Å². The van der Waals surface area contributed by atoms with Gasteiger partial charge < -0.3 is 9.84 Å². The van der Waals surface area contributed by atoms with Gasteiger partial charge >= 0.3 is 12.1 Å². The fourth-order valence-electron chi connectivity index (χ4n) is 1.16. The van der Waals surface area contributed by atoms with Crippen molar-refractivity contribution in [3.05, 3.63) is 28.2 Å². The van der Waals surface area contributed by atoms with Crippen LogP contribution >= 0.6 is 15.9 Å². The number of rotatable bonds is 2. The van der Waals surface area contributed by atoms with E-state index in [-0.39, 0.29) is 5.56 Å². The smallest absolute Gasteiger partial charge is 0.412 e. The molecule has 0 heterocycles. The molecule has 0 aliphatic rings. The average Bonchev–Trinajstić information content (AvgIpc) is 2.17. The summed E-state index contributed by atoms with van der Waals surface area (Å²) in [5.74, 6) is -1.03. The number of benzene rings is 1. The first kappa shape index (κ1) is 14.5. The summed E-state index contributed by atoms with van der Waals surface area (Å²) in [4.78, 5) is 22.3. The highest BCUT2D eigenvalue weighted by molar-refractivity contribution is 9.10. The third-order valence-corrected chi connectivity index (χ3v) is 2.51. The van der Waals surface area contributed by atoms with Crippen LogP contribution in [-0.2, 0) is 4.74 Å². The minimum Gasteiger partial charge on any atom is -0.478 e. The fraction of sp³-hybridized carbons (Fsp3) is 0.333. The molecule has 0 unspecified atom stereocenters. The molecule has 0 saturated heterocycles. The molecule has 2 N–H and O–H groups in total. The van der Waals surface area contributed by atoms with Crippen molar-refractivity contribution in [2.45, 2.75) is 26.4 Å². The lowest BCUT2D eigenvalue weighted by Crippen LogP contribution is -2.27. The number of carbonyl (C=O) groups is 2. The number of amides is 1. The van der Waals surface area contributed by atoms with Gasteiger partial charge in [0.25, 0.3) is 0 Å². The Labute approximate surface area is 113 Å². The Hall–Kier alpha value is -1.56. The Bertz CT molecular complexity index is 479. The molecule has 0 aromatic heterocycles. The van der Waals surface area contributed by atoms with Gasteiger partial charge in [-0.2, -0.15) is 0 Å². The summed E-state index contributed by atoms with van der Waals surface area (Å²) >= 11 is 3.19. The Balaban J connectivity index is 2.80. The number of hydrogen-bond donors (Lipinski definition) is 2. The number of carbonyl (C=O) groups excluding carboxylic acids is 1. The summed E-state index contributed by atoms with van der Waals surface area (Å²) in [6.45, 7) is 5.28. The molecule has 0 saturated carbocycles. The molecular weight excluding hydrogens is 302 g/mol. The van der Waals surface area contributed by atoms with Gasteiger partial charge in [-0.05, 0) is 54.9 Å². The molecular formula is C12H14BrNO4. The molecule has 0 bridgehead atoms. The van der Waals surface area contributed by atoms with E-state index in [4.69, 9.17) is 9.84 Å². The van der Waals surface area contributed by atoms with Crippen molar-refractivity contribution in [2.75, 3.05) is 5.32 Å². The largest absolute Gasteiger partial charge is 0.478 e. The third-order valence-electron chi connectivity index (χ3n) is 1.85. The van der Waals surface area contributed by atoms with Gasteiger partial charge in [0.2, 0.25) is 0 Å². The summed E-state index contributed by atoms with van der Waals surface area (Å²) in [5.41, 5.74) is 0.00301. The number of carboxylic acids is 1. The highest BCUT2D eigenvalue weighted by atomic mass is 79.9. The van der Waals surface area contributed by atoms with Crippen LogP contribution in [0.15, 0.2) is 22.7 Å². The van der Waals surface area contributed by atoms with Crippen molar-refractivity contribution < 1.29 is 19.4 Å². The zero-order valence-electron chi connectivity index (χ0n) is 10.3. The predicted octanol–water partition coefficient (Wildman–Crippen LogP) is 3.49. The van der Waals surface area contributed by atoms with E-state index in [9.17, 15) is 9.59 Å². The van der Waals surface area contributed by atoms with Crippen LogP contribution in [0.5, 0.6) is 0 Å². The van der Waals surface area contributed by atoms with Gasteiger partial charge in [0, 0.05) is 4.47 Å². The van der Waals surface area contributed by atoms with Crippen molar-refractivity contribution in [3.63, 3.8) is 0 Å². The summed E-state index contributed by atoms with van der Waals surface area (Å²) in [6, 6.07) is 4.31. The van der Waals surface area contributed by atoms with E-state index in [1.54, 1.807) is 20.8 Å². The molecule has 5 nitrogen and oxygen atoms in total. The van der Waals surface area contributed by atoms with Gasteiger partial charge in [-0.25, -0.2) is 9.59 Å². The first-order chi connectivity index (χ1) is 8.19. The number of carboxylic acid groups (broad SMARTS) is 1. The molecule has 6 heteroatoms. The summed E-state index contributed by atoms with van der Waals surface area (Å²) in [6.07, 6.45) is -0.591. The van der Waals surface area contributed by atoms with E-state index in [1.807, 2.05) is 0 Å². The minimum absolute atomic E-state index is 0.136. The van der Waals surface area contributed by atoms with E-state index in [0.29, 0.717) is 10.2 Å². The quantitative estimate of drug-likeness (QED) is 0.875. The van der Waals surface area contributed by atoms with Crippen LogP contribution in [0, 0.1) is 0 Å². The molecule has 98 valence electrons. The van der Waals surface area contributed by atoms with Crippen molar-refractivity contribution in [3.8, 4) is 0 Å². The Morgan fingerprint density at radius 1 is 1.33 bits per heavy atom. The topological polar surface area (TPSA) is 75.6 Å².